The summed E-state index contributed by atoms with van der Waals surface area (Å²) >= 11 is 0. The van der Waals surface area contributed by atoms with Crippen LogP contribution in [0.3, 0.4) is 0 Å². The van der Waals surface area contributed by atoms with Crippen LogP contribution in [0.25, 0.3) is 0 Å². The smallest absolute Gasteiger partial charge is 0.337 e. The SMILES string of the molecule is COC(=O)c1ccc(O)c(C/C=C(\C)CCC=C(C)C)c1. The lowest BCUT2D eigenvalue weighted by molar-refractivity contribution is 0.0600. The summed E-state index contributed by atoms with van der Waals surface area (Å²) in [6.07, 6.45) is 6.94. The standard InChI is InChI=1S/C18H24O3/c1-13(2)6-5-7-14(3)8-9-15-12-16(18(20)21-4)10-11-17(15)19/h6,8,10-12,19H,5,7,9H2,1-4H3/b14-8+. The van der Waals surface area contributed by atoms with Crippen molar-refractivity contribution in [2.24, 2.45) is 0 Å². The number of methoxy groups -OCH3 is 1. The second kappa shape index (κ2) is 8.30. The molecule has 0 saturated carbocycles. The number of esters is 1. The van der Waals surface area contributed by atoms with E-state index < -0.39 is 0 Å². The summed E-state index contributed by atoms with van der Waals surface area (Å²) in [6, 6.07) is 4.78. The first kappa shape index (κ1) is 17.0. The van der Waals surface area contributed by atoms with Gasteiger partial charge in [-0.05, 0) is 63.8 Å². The fraction of sp³-hybridized carbons (Fsp3) is 0.389. The van der Waals surface area contributed by atoms with Crippen LogP contribution in [0.5, 0.6) is 5.75 Å². The third kappa shape index (κ3) is 5.86. The Kier molecular flexibility index (Phi) is 6.73. The summed E-state index contributed by atoms with van der Waals surface area (Å²) in [4.78, 5) is 11.5. The fourth-order valence-electron chi connectivity index (χ4n) is 1.97. The van der Waals surface area contributed by atoms with Crippen molar-refractivity contribution in [1.29, 1.82) is 0 Å². The Morgan fingerprint density at radius 3 is 2.57 bits per heavy atom. The van der Waals surface area contributed by atoms with Crippen molar-refractivity contribution in [1.82, 2.24) is 0 Å². The Hall–Kier alpha value is -2.03. The Labute approximate surface area is 127 Å². The minimum Gasteiger partial charge on any atom is -0.508 e. The highest BCUT2D eigenvalue weighted by Crippen LogP contribution is 2.21. The van der Waals surface area contributed by atoms with Gasteiger partial charge in [-0.2, -0.15) is 0 Å². The van der Waals surface area contributed by atoms with Gasteiger partial charge in [-0.25, -0.2) is 4.79 Å². The number of rotatable bonds is 6. The molecule has 0 radical (unpaired) electrons. The number of allylic oxidation sites excluding steroid dienone is 4. The van der Waals surface area contributed by atoms with Gasteiger partial charge in [0, 0.05) is 0 Å². The normalized spacial score (nSPS) is 11.1. The van der Waals surface area contributed by atoms with Crippen LogP contribution in [0, 0.1) is 0 Å². The monoisotopic (exact) mass is 288 g/mol. The fourth-order valence-corrected chi connectivity index (χ4v) is 1.97. The molecule has 0 unspecified atom stereocenters. The third-order valence-electron chi connectivity index (χ3n) is 3.26. The number of phenolic OH excluding ortho intramolecular Hbond substituents is 1. The molecule has 1 aromatic rings. The molecule has 0 aliphatic heterocycles. The molecule has 1 aromatic carbocycles. The summed E-state index contributed by atoms with van der Waals surface area (Å²) in [5.74, 6) is -0.184. The van der Waals surface area contributed by atoms with Gasteiger partial charge in [0.2, 0.25) is 0 Å². The van der Waals surface area contributed by atoms with Crippen LogP contribution < -0.4 is 0 Å². The van der Waals surface area contributed by atoms with E-state index in [-0.39, 0.29) is 11.7 Å². The van der Waals surface area contributed by atoms with Gasteiger partial charge < -0.3 is 9.84 Å². The average molecular weight is 288 g/mol. The van der Waals surface area contributed by atoms with Crippen molar-refractivity contribution < 1.29 is 14.6 Å². The molecule has 0 aliphatic rings. The van der Waals surface area contributed by atoms with Crippen molar-refractivity contribution in [3.8, 4) is 5.75 Å². The van der Waals surface area contributed by atoms with Crippen LogP contribution >= 0.6 is 0 Å². The van der Waals surface area contributed by atoms with Gasteiger partial charge >= 0.3 is 5.97 Å². The summed E-state index contributed by atoms with van der Waals surface area (Å²) in [5, 5.41) is 9.86. The van der Waals surface area contributed by atoms with E-state index in [1.54, 1.807) is 12.1 Å². The van der Waals surface area contributed by atoms with Gasteiger partial charge in [0.15, 0.2) is 0 Å². The number of carbonyl (C=O) groups excluding carboxylic acids is 1. The number of ether oxygens (including phenoxy) is 1. The van der Waals surface area contributed by atoms with Gasteiger partial charge in [-0.15, -0.1) is 0 Å². The maximum absolute atomic E-state index is 11.5. The number of hydrogen-bond donors (Lipinski definition) is 1. The van der Waals surface area contributed by atoms with Crippen molar-refractivity contribution >= 4 is 5.97 Å². The van der Waals surface area contributed by atoms with E-state index >= 15 is 0 Å². The maximum atomic E-state index is 11.5. The Balaban J connectivity index is 2.73. The molecule has 0 bridgehead atoms. The zero-order valence-electron chi connectivity index (χ0n) is 13.3. The zero-order chi connectivity index (χ0) is 15.8. The summed E-state index contributed by atoms with van der Waals surface area (Å²) in [7, 11) is 1.35. The highest BCUT2D eigenvalue weighted by molar-refractivity contribution is 5.89. The number of phenols is 1. The van der Waals surface area contributed by atoms with E-state index in [4.69, 9.17) is 0 Å². The van der Waals surface area contributed by atoms with Crippen LogP contribution in [0.1, 0.15) is 49.5 Å². The average Bonchev–Trinajstić information content (AvgIpc) is 2.45. The molecule has 3 nitrogen and oxygen atoms in total. The topological polar surface area (TPSA) is 46.5 Å². The van der Waals surface area contributed by atoms with Crippen LogP contribution in [-0.4, -0.2) is 18.2 Å². The first-order chi connectivity index (χ1) is 9.93. The largest absolute Gasteiger partial charge is 0.508 e. The summed E-state index contributed by atoms with van der Waals surface area (Å²) < 4.78 is 4.69. The highest BCUT2D eigenvalue weighted by atomic mass is 16.5. The predicted octanol–water partition coefficient (Wildman–Crippen LogP) is 4.41. The van der Waals surface area contributed by atoms with Crippen molar-refractivity contribution in [3.63, 3.8) is 0 Å². The minimum absolute atomic E-state index is 0.205. The minimum atomic E-state index is -0.388. The van der Waals surface area contributed by atoms with Gasteiger partial charge in [-0.3, -0.25) is 0 Å². The number of hydrogen-bond acceptors (Lipinski definition) is 3. The Morgan fingerprint density at radius 2 is 1.95 bits per heavy atom. The molecular weight excluding hydrogens is 264 g/mol. The first-order valence-electron chi connectivity index (χ1n) is 7.13. The van der Waals surface area contributed by atoms with Gasteiger partial charge in [0.1, 0.15) is 5.75 Å². The third-order valence-corrected chi connectivity index (χ3v) is 3.26. The molecule has 0 spiro atoms. The molecule has 3 heteroatoms. The second-order valence-corrected chi connectivity index (χ2v) is 5.41. The molecule has 21 heavy (non-hydrogen) atoms. The molecule has 0 heterocycles. The van der Waals surface area contributed by atoms with E-state index in [2.05, 4.69) is 37.7 Å². The molecule has 0 saturated heterocycles. The lowest BCUT2D eigenvalue weighted by atomic mass is 10.0. The lowest BCUT2D eigenvalue weighted by Gasteiger charge is -2.06. The molecule has 114 valence electrons. The van der Waals surface area contributed by atoms with Crippen LogP contribution in [-0.2, 0) is 11.2 Å². The first-order valence-corrected chi connectivity index (χ1v) is 7.13. The van der Waals surface area contributed by atoms with Gasteiger partial charge in [0.25, 0.3) is 0 Å². The van der Waals surface area contributed by atoms with Gasteiger partial charge in [0.05, 0.1) is 12.7 Å². The van der Waals surface area contributed by atoms with Gasteiger partial charge in [-0.1, -0.05) is 23.3 Å². The quantitative estimate of drug-likeness (QED) is 0.623. The molecule has 0 aliphatic carbocycles. The Morgan fingerprint density at radius 1 is 1.24 bits per heavy atom. The summed E-state index contributed by atoms with van der Waals surface area (Å²) in [6.45, 7) is 6.27. The molecule has 0 atom stereocenters. The maximum Gasteiger partial charge on any atom is 0.337 e. The predicted molar refractivity (Wildman–Crippen MR) is 85.6 cm³/mol. The number of aromatic hydroxyl groups is 1. The lowest BCUT2D eigenvalue weighted by Crippen LogP contribution is -2.01. The number of carbonyl (C=O) groups is 1. The van der Waals surface area contributed by atoms with Crippen LogP contribution in [0.4, 0.5) is 0 Å². The van der Waals surface area contributed by atoms with Crippen LogP contribution in [0.2, 0.25) is 0 Å². The van der Waals surface area contributed by atoms with E-state index in [1.807, 2.05) is 0 Å². The second-order valence-electron chi connectivity index (χ2n) is 5.41. The van der Waals surface area contributed by atoms with E-state index in [9.17, 15) is 9.90 Å². The van der Waals surface area contributed by atoms with Crippen LogP contribution in [0.15, 0.2) is 41.5 Å². The van der Waals surface area contributed by atoms with Crippen molar-refractivity contribution in [2.75, 3.05) is 7.11 Å². The molecule has 1 rings (SSSR count). The van der Waals surface area contributed by atoms with Crippen molar-refractivity contribution in [3.05, 3.63) is 52.6 Å². The molecule has 0 fully saturated rings. The molecule has 1 N–H and O–H groups in total. The highest BCUT2D eigenvalue weighted by Gasteiger charge is 2.08. The molecule has 0 amide bonds. The Bertz CT molecular complexity index is 550. The summed E-state index contributed by atoms with van der Waals surface area (Å²) in [5.41, 5.74) is 3.79. The molecular formula is C18H24O3. The van der Waals surface area contributed by atoms with E-state index in [0.717, 1.165) is 18.4 Å². The van der Waals surface area contributed by atoms with E-state index in [1.165, 1.54) is 24.3 Å². The zero-order valence-corrected chi connectivity index (χ0v) is 13.3. The van der Waals surface area contributed by atoms with Crippen molar-refractivity contribution in [2.45, 2.75) is 40.0 Å². The molecule has 0 aromatic heterocycles. The van der Waals surface area contributed by atoms with E-state index in [0.29, 0.717) is 12.0 Å². The number of benzene rings is 1.